The lowest BCUT2D eigenvalue weighted by Crippen LogP contribution is -2.31. The van der Waals surface area contributed by atoms with Crippen LogP contribution in [0.4, 0.5) is 4.39 Å². The van der Waals surface area contributed by atoms with Gasteiger partial charge >= 0.3 is 0 Å². The summed E-state index contributed by atoms with van der Waals surface area (Å²) in [7, 11) is -3.54. The molecule has 0 heterocycles. The average molecular weight is 394 g/mol. The van der Waals surface area contributed by atoms with Crippen molar-refractivity contribution < 1.29 is 22.3 Å². The highest BCUT2D eigenvalue weighted by Crippen LogP contribution is 2.16. The Morgan fingerprint density at radius 3 is 2.19 bits per heavy atom. The molecule has 0 saturated heterocycles. The molecule has 27 heavy (non-hydrogen) atoms. The number of ether oxygens (including phenoxy) is 1. The summed E-state index contributed by atoms with van der Waals surface area (Å²) in [6.45, 7) is 4.81. The molecule has 1 amide bonds. The fourth-order valence-electron chi connectivity index (χ4n) is 2.46. The van der Waals surface area contributed by atoms with Gasteiger partial charge in [0.15, 0.2) is 0 Å². The highest BCUT2D eigenvalue weighted by molar-refractivity contribution is 7.89. The molecule has 0 spiro atoms. The van der Waals surface area contributed by atoms with Crippen molar-refractivity contribution in [1.82, 2.24) is 9.62 Å². The summed E-state index contributed by atoms with van der Waals surface area (Å²) in [5, 5.41) is 2.69. The predicted octanol–water partition coefficient (Wildman–Crippen LogP) is 2.67. The van der Waals surface area contributed by atoms with Gasteiger partial charge in [0, 0.05) is 18.7 Å². The summed E-state index contributed by atoms with van der Waals surface area (Å²) >= 11 is 0. The largest absolute Gasteiger partial charge is 0.492 e. The maximum Gasteiger partial charge on any atom is 0.251 e. The van der Waals surface area contributed by atoms with Gasteiger partial charge in [-0.1, -0.05) is 13.8 Å². The van der Waals surface area contributed by atoms with Crippen molar-refractivity contribution in [2.45, 2.75) is 18.7 Å². The number of carbonyl (C=O) groups is 1. The minimum Gasteiger partial charge on any atom is -0.492 e. The Hall–Kier alpha value is -2.45. The second-order valence-electron chi connectivity index (χ2n) is 5.67. The van der Waals surface area contributed by atoms with Gasteiger partial charge in [0.1, 0.15) is 18.2 Å². The molecule has 1 N–H and O–H groups in total. The maximum absolute atomic E-state index is 12.8. The Bertz CT molecular complexity index is 848. The first-order valence-corrected chi connectivity index (χ1v) is 10.1. The van der Waals surface area contributed by atoms with E-state index in [0.29, 0.717) is 24.4 Å². The molecule has 2 aromatic rings. The van der Waals surface area contributed by atoms with E-state index < -0.39 is 10.0 Å². The van der Waals surface area contributed by atoms with Gasteiger partial charge in [0.25, 0.3) is 5.91 Å². The molecule has 0 radical (unpaired) electrons. The van der Waals surface area contributed by atoms with Crippen molar-refractivity contribution in [1.29, 1.82) is 0 Å². The summed E-state index contributed by atoms with van der Waals surface area (Å²) in [5.41, 5.74) is 0.357. The van der Waals surface area contributed by atoms with Crippen LogP contribution in [0.3, 0.4) is 0 Å². The van der Waals surface area contributed by atoms with E-state index in [0.717, 1.165) is 0 Å². The van der Waals surface area contributed by atoms with E-state index in [2.05, 4.69) is 5.32 Å². The van der Waals surface area contributed by atoms with Crippen LogP contribution in [0.25, 0.3) is 0 Å². The molecule has 0 aliphatic carbocycles. The molecule has 2 rings (SSSR count). The van der Waals surface area contributed by atoms with Gasteiger partial charge in [-0.25, -0.2) is 12.8 Å². The molecule has 6 nitrogen and oxygen atoms in total. The monoisotopic (exact) mass is 394 g/mol. The molecule has 0 saturated carbocycles. The lowest BCUT2D eigenvalue weighted by molar-refractivity contribution is 0.0947. The van der Waals surface area contributed by atoms with E-state index in [-0.39, 0.29) is 29.8 Å². The number of halogens is 1. The first-order valence-electron chi connectivity index (χ1n) is 8.65. The van der Waals surface area contributed by atoms with Crippen LogP contribution in [0.1, 0.15) is 24.2 Å². The SMILES string of the molecule is CCN(CC)S(=O)(=O)c1ccc(C(=O)NCCOc2ccc(F)cc2)cc1. The van der Waals surface area contributed by atoms with Crippen LogP contribution in [0.5, 0.6) is 5.75 Å². The van der Waals surface area contributed by atoms with E-state index in [9.17, 15) is 17.6 Å². The number of hydrogen-bond acceptors (Lipinski definition) is 4. The number of rotatable bonds is 9. The molecule has 0 fully saturated rings. The van der Waals surface area contributed by atoms with Gasteiger partial charge in [0.05, 0.1) is 11.4 Å². The highest BCUT2D eigenvalue weighted by Gasteiger charge is 2.21. The standard InChI is InChI=1S/C19H23FN2O4S/c1-3-22(4-2)27(24,25)18-11-5-15(6-12-18)19(23)21-13-14-26-17-9-7-16(20)8-10-17/h5-12H,3-4,13-14H2,1-2H3,(H,21,23). The van der Waals surface area contributed by atoms with Gasteiger partial charge in [-0.3, -0.25) is 4.79 Å². The topological polar surface area (TPSA) is 75.7 Å². The molecular weight excluding hydrogens is 371 g/mol. The quantitative estimate of drug-likeness (QED) is 0.664. The number of amides is 1. The lowest BCUT2D eigenvalue weighted by atomic mass is 10.2. The third kappa shape index (κ3) is 5.51. The third-order valence-electron chi connectivity index (χ3n) is 3.93. The van der Waals surface area contributed by atoms with E-state index in [1.807, 2.05) is 0 Å². The number of nitrogens with zero attached hydrogens (tertiary/aromatic N) is 1. The van der Waals surface area contributed by atoms with Gasteiger partial charge in [-0.05, 0) is 48.5 Å². The van der Waals surface area contributed by atoms with Crippen LogP contribution in [0, 0.1) is 5.82 Å². The average Bonchev–Trinajstić information content (AvgIpc) is 2.67. The summed E-state index contributed by atoms with van der Waals surface area (Å²) in [4.78, 5) is 12.3. The fourth-order valence-corrected chi connectivity index (χ4v) is 3.92. The van der Waals surface area contributed by atoms with Crippen molar-refractivity contribution in [2.75, 3.05) is 26.2 Å². The van der Waals surface area contributed by atoms with Crippen LogP contribution < -0.4 is 10.1 Å². The molecule has 146 valence electrons. The predicted molar refractivity (Wildman–Crippen MR) is 101 cm³/mol. The zero-order valence-corrected chi connectivity index (χ0v) is 16.1. The zero-order valence-electron chi connectivity index (χ0n) is 15.3. The molecule has 0 unspecified atom stereocenters. The van der Waals surface area contributed by atoms with Crippen LogP contribution in [-0.2, 0) is 10.0 Å². The molecule has 0 aliphatic rings. The van der Waals surface area contributed by atoms with E-state index >= 15 is 0 Å². The zero-order chi connectivity index (χ0) is 19.9. The van der Waals surface area contributed by atoms with E-state index in [4.69, 9.17) is 4.74 Å². The van der Waals surface area contributed by atoms with Crippen molar-refractivity contribution in [3.05, 3.63) is 59.9 Å². The van der Waals surface area contributed by atoms with Crippen molar-refractivity contribution in [3.8, 4) is 5.75 Å². The number of benzene rings is 2. The van der Waals surface area contributed by atoms with Crippen molar-refractivity contribution >= 4 is 15.9 Å². The molecule has 8 heteroatoms. The minimum atomic E-state index is -3.54. The summed E-state index contributed by atoms with van der Waals surface area (Å²) in [6, 6.07) is 11.4. The van der Waals surface area contributed by atoms with Crippen LogP contribution in [0.2, 0.25) is 0 Å². The van der Waals surface area contributed by atoms with Crippen molar-refractivity contribution in [2.24, 2.45) is 0 Å². The number of hydrogen-bond donors (Lipinski definition) is 1. The summed E-state index contributed by atoms with van der Waals surface area (Å²) < 4.78 is 44.4. The molecule has 0 aromatic heterocycles. The van der Waals surface area contributed by atoms with E-state index in [1.54, 1.807) is 13.8 Å². The Morgan fingerprint density at radius 2 is 1.63 bits per heavy atom. The normalized spacial score (nSPS) is 11.4. The first kappa shape index (κ1) is 20.9. The number of nitrogens with one attached hydrogen (secondary N) is 1. The Labute approximate surface area is 159 Å². The number of carbonyl (C=O) groups excluding carboxylic acids is 1. The second-order valence-corrected chi connectivity index (χ2v) is 7.61. The summed E-state index contributed by atoms with van der Waals surface area (Å²) in [6.07, 6.45) is 0. The first-order chi connectivity index (χ1) is 12.9. The minimum absolute atomic E-state index is 0.155. The molecule has 0 atom stereocenters. The van der Waals surface area contributed by atoms with Gasteiger partial charge in [-0.2, -0.15) is 4.31 Å². The lowest BCUT2D eigenvalue weighted by Gasteiger charge is -2.18. The third-order valence-corrected chi connectivity index (χ3v) is 5.99. The van der Waals surface area contributed by atoms with Crippen LogP contribution in [0.15, 0.2) is 53.4 Å². The number of sulfonamides is 1. The van der Waals surface area contributed by atoms with Crippen molar-refractivity contribution in [3.63, 3.8) is 0 Å². The summed E-state index contributed by atoms with van der Waals surface area (Å²) in [5.74, 6) is -0.164. The van der Waals surface area contributed by atoms with Gasteiger partial charge in [0.2, 0.25) is 10.0 Å². The molecule has 2 aromatic carbocycles. The van der Waals surface area contributed by atoms with Crippen LogP contribution in [-0.4, -0.2) is 44.9 Å². The molecular formula is C19H23FN2O4S. The van der Waals surface area contributed by atoms with Gasteiger partial charge < -0.3 is 10.1 Å². The molecule has 0 aliphatic heterocycles. The fraction of sp³-hybridized carbons (Fsp3) is 0.316. The second kappa shape index (κ2) is 9.48. The van der Waals surface area contributed by atoms with Gasteiger partial charge in [-0.15, -0.1) is 0 Å². The van der Waals surface area contributed by atoms with E-state index in [1.165, 1.54) is 52.8 Å². The Kier molecular flexibility index (Phi) is 7.32. The highest BCUT2D eigenvalue weighted by atomic mass is 32.2. The Morgan fingerprint density at radius 1 is 1.04 bits per heavy atom. The Balaban J connectivity index is 1.89. The van der Waals surface area contributed by atoms with Crippen LogP contribution >= 0.6 is 0 Å². The smallest absolute Gasteiger partial charge is 0.251 e. The molecule has 0 bridgehead atoms. The maximum atomic E-state index is 12.8.